The van der Waals surface area contributed by atoms with Crippen LogP contribution in [0.1, 0.15) is 28.7 Å². The maximum atomic E-state index is 6.73. The first-order valence-corrected chi connectivity index (χ1v) is 15.7. The largest absolute Gasteiger partial charge is 0.489 e. The molecule has 1 aromatic heterocycles. The predicted octanol–water partition coefficient (Wildman–Crippen LogP) is 8.31. The fraction of sp³-hybridized carbons (Fsp3) is 0.303. The fourth-order valence-corrected chi connectivity index (χ4v) is 6.46. The maximum absolute atomic E-state index is 6.73. The molecule has 0 bridgehead atoms. The molecule has 6 rings (SSSR count). The molecule has 2 aliphatic heterocycles. The minimum absolute atomic E-state index is 0.251. The Kier molecular flexibility index (Phi) is 9.65. The third-order valence-electron chi connectivity index (χ3n) is 7.74. The highest BCUT2D eigenvalue weighted by molar-refractivity contribution is 6.35. The Morgan fingerprint density at radius 1 is 0.977 bits per heavy atom. The second kappa shape index (κ2) is 13.6. The minimum atomic E-state index is -1.13. The molecule has 0 amide bonds. The smallest absolute Gasteiger partial charge is 0.215 e. The van der Waals surface area contributed by atoms with Gasteiger partial charge in [0, 0.05) is 54.1 Å². The molecule has 6 nitrogen and oxygen atoms in total. The zero-order valence-corrected chi connectivity index (χ0v) is 26.4. The average molecular weight is 659 g/mol. The maximum Gasteiger partial charge on any atom is 0.215 e. The Labute approximate surface area is 271 Å². The normalized spacial score (nSPS) is 20.8. The number of imidazole rings is 1. The molecule has 0 saturated carbocycles. The summed E-state index contributed by atoms with van der Waals surface area (Å²) in [5.41, 5.74) is 4.32. The summed E-state index contributed by atoms with van der Waals surface area (Å²) >= 11 is 25.6. The van der Waals surface area contributed by atoms with Crippen LogP contribution in [0.4, 0.5) is 0 Å². The second-order valence-corrected chi connectivity index (χ2v) is 12.5. The number of hydrogen-bond acceptors (Lipinski definition) is 5. The Balaban J connectivity index is 1.11. The van der Waals surface area contributed by atoms with Crippen LogP contribution in [0.25, 0.3) is 6.08 Å². The van der Waals surface area contributed by atoms with E-state index >= 15 is 0 Å². The first-order valence-electron chi connectivity index (χ1n) is 14.2. The lowest BCUT2D eigenvalue weighted by molar-refractivity contribution is -0.312. The summed E-state index contributed by atoms with van der Waals surface area (Å²) in [7, 11) is 0. The number of aromatic nitrogens is 2. The van der Waals surface area contributed by atoms with E-state index in [2.05, 4.69) is 28.1 Å². The molecule has 2 aliphatic rings. The third kappa shape index (κ3) is 7.40. The highest BCUT2D eigenvalue weighted by Gasteiger charge is 2.42. The molecule has 1 fully saturated rings. The van der Waals surface area contributed by atoms with Gasteiger partial charge in [-0.15, -0.1) is 0 Å². The number of halogens is 4. The van der Waals surface area contributed by atoms with Gasteiger partial charge in [-0.25, -0.2) is 4.98 Å². The van der Waals surface area contributed by atoms with E-state index in [1.165, 1.54) is 11.1 Å². The summed E-state index contributed by atoms with van der Waals surface area (Å²) in [5, 5.41) is 2.35. The summed E-state index contributed by atoms with van der Waals surface area (Å²) in [4.78, 5) is 6.58. The first-order chi connectivity index (χ1) is 20.9. The van der Waals surface area contributed by atoms with Gasteiger partial charge in [0.2, 0.25) is 5.79 Å². The van der Waals surface area contributed by atoms with Gasteiger partial charge in [-0.3, -0.25) is 4.90 Å². The molecule has 0 radical (unpaired) electrons. The van der Waals surface area contributed by atoms with Gasteiger partial charge in [-0.05, 0) is 59.5 Å². The van der Waals surface area contributed by atoms with E-state index in [9.17, 15) is 0 Å². The van der Waals surface area contributed by atoms with Crippen LogP contribution in [0.3, 0.4) is 0 Å². The van der Waals surface area contributed by atoms with Gasteiger partial charge in [0.15, 0.2) is 0 Å². The van der Waals surface area contributed by atoms with Gasteiger partial charge in [-0.1, -0.05) is 76.8 Å². The fourth-order valence-electron chi connectivity index (χ4n) is 5.54. The van der Waals surface area contributed by atoms with Crippen molar-refractivity contribution in [2.24, 2.45) is 0 Å². The molecule has 3 heterocycles. The third-order valence-corrected chi connectivity index (χ3v) is 8.83. The predicted molar refractivity (Wildman–Crippen MR) is 172 cm³/mol. The van der Waals surface area contributed by atoms with Crippen molar-refractivity contribution < 1.29 is 14.2 Å². The Morgan fingerprint density at radius 2 is 1.81 bits per heavy atom. The lowest BCUT2D eigenvalue weighted by atomic mass is 9.99. The molecule has 2 atom stereocenters. The van der Waals surface area contributed by atoms with E-state index in [0.717, 1.165) is 36.6 Å². The van der Waals surface area contributed by atoms with E-state index in [4.69, 9.17) is 60.6 Å². The summed E-state index contributed by atoms with van der Waals surface area (Å²) < 4.78 is 21.1. The van der Waals surface area contributed by atoms with Crippen LogP contribution in [0, 0.1) is 0 Å². The van der Waals surface area contributed by atoms with Crippen molar-refractivity contribution in [2.75, 3.05) is 26.3 Å². The van der Waals surface area contributed by atoms with Crippen LogP contribution < -0.4 is 4.74 Å². The van der Waals surface area contributed by atoms with Crippen LogP contribution in [-0.2, 0) is 34.8 Å². The lowest BCUT2D eigenvalue weighted by Crippen LogP contribution is -2.47. The second-order valence-electron chi connectivity index (χ2n) is 10.8. The molecular weight excluding hydrogens is 628 g/mol. The standard InChI is InChI=1S/C33H31Cl4N3O3/c34-26-5-3-23(4-6-26)2-1-12-39-13-9-24-17-32(31(37)16-25(24)19-39)41-20-28-10-15-42-33(43-28,21-40-14-11-38-22-40)29-8-7-27(35)18-30(29)36/h1-8,11,14,16-18,22,28H,9-10,12-13,15,19-21H2/b2-1-. The Bertz CT molecular complexity index is 1580. The minimum Gasteiger partial charge on any atom is -0.489 e. The molecule has 0 N–H and O–H groups in total. The van der Waals surface area contributed by atoms with Crippen molar-refractivity contribution in [3.05, 3.63) is 122 Å². The lowest BCUT2D eigenvalue weighted by Gasteiger charge is -2.41. The molecule has 10 heteroatoms. The van der Waals surface area contributed by atoms with E-state index in [1.54, 1.807) is 24.7 Å². The van der Waals surface area contributed by atoms with Crippen molar-refractivity contribution in [1.29, 1.82) is 0 Å². The van der Waals surface area contributed by atoms with Crippen molar-refractivity contribution in [3.63, 3.8) is 0 Å². The highest BCUT2D eigenvalue weighted by Crippen LogP contribution is 2.40. The van der Waals surface area contributed by atoms with Crippen molar-refractivity contribution in [1.82, 2.24) is 14.5 Å². The summed E-state index contributed by atoms with van der Waals surface area (Å²) in [6.07, 6.45) is 11.0. The molecule has 224 valence electrons. The van der Waals surface area contributed by atoms with Crippen molar-refractivity contribution >= 4 is 52.5 Å². The van der Waals surface area contributed by atoms with Crippen molar-refractivity contribution in [3.8, 4) is 5.75 Å². The first kappa shape index (κ1) is 30.5. The SMILES string of the molecule is Clc1ccc(/C=C\CN2CCc3cc(OCC4CCOC(Cn5ccnc5)(c5ccc(Cl)cc5Cl)O4)c(Cl)cc3C2)cc1. The molecule has 0 spiro atoms. The topological polar surface area (TPSA) is 48.8 Å². The monoisotopic (exact) mass is 657 g/mol. The van der Waals surface area contributed by atoms with Crippen LogP contribution in [0.2, 0.25) is 20.1 Å². The number of nitrogens with zero attached hydrogens (tertiary/aromatic N) is 3. The quantitative estimate of drug-likeness (QED) is 0.181. The molecule has 0 aliphatic carbocycles. The van der Waals surface area contributed by atoms with Gasteiger partial charge in [-0.2, -0.15) is 0 Å². The van der Waals surface area contributed by atoms with Gasteiger partial charge < -0.3 is 18.8 Å². The molecule has 43 heavy (non-hydrogen) atoms. The van der Waals surface area contributed by atoms with Crippen molar-refractivity contribution in [2.45, 2.75) is 37.8 Å². The highest BCUT2D eigenvalue weighted by atomic mass is 35.5. The Hall–Kier alpha value is -2.55. The number of hydrogen-bond donors (Lipinski definition) is 0. The van der Waals surface area contributed by atoms with Gasteiger partial charge in [0.25, 0.3) is 0 Å². The van der Waals surface area contributed by atoms with E-state index in [-0.39, 0.29) is 6.10 Å². The van der Waals surface area contributed by atoms with Gasteiger partial charge in [0.05, 0.1) is 35.6 Å². The number of ether oxygens (including phenoxy) is 3. The van der Waals surface area contributed by atoms with Gasteiger partial charge >= 0.3 is 0 Å². The summed E-state index contributed by atoms with van der Waals surface area (Å²) in [6.45, 7) is 3.82. The van der Waals surface area contributed by atoms with Crippen LogP contribution in [-0.4, -0.2) is 46.9 Å². The van der Waals surface area contributed by atoms with Gasteiger partial charge in [0.1, 0.15) is 12.4 Å². The number of rotatable bonds is 9. The average Bonchev–Trinajstić information content (AvgIpc) is 3.50. The summed E-state index contributed by atoms with van der Waals surface area (Å²) in [6, 6.07) is 17.3. The molecule has 4 aromatic rings. The number of fused-ring (bicyclic) bond motifs is 1. The van der Waals surface area contributed by atoms with E-state index in [0.29, 0.717) is 52.6 Å². The number of benzene rings is 3. The Morgan fingerprint density at radius 3 is 2.60 bits per heavy atom. The molecule has 2 unspecified atom stereocenters. The van der Waals surface area contributed by atoms with Crippen LogP contribution in [0.15, 0.2) is 79.4 Å². The molecular formula is C33H31Cl4N3O3. The molecule has 1 saturated heterocycles. The zero-order chi connectivity index (χ0) is 29.8. The van der Waals surface area contributed by atoms with Crippen LogP contribution >= 0.6 is 46.4 Å². The zero-order valence-electron chi connectivity index (χ0n) is 23.4. The van der Waals surface area contributed by atoms with E-state index in [1.807, 2.05) is 47.2 Å². The summed E-state index contributed by atoms with van der Waals surface area (Å²) in [5.74, 6) is -0.462. The molecule has 3 aromatic carbocycles. The van der Waals surface area contributed by atoms with Crippen LogP contribution in [0.5, 0.6) is 5.75 Å². The van der Waals surface area contributed by atoms with E-state index < -0.39 is 5.79 Å².